The van der Waals surface area contributed by atoms with Gasteiger partial charge in [-0.3, -0.25) is 9.59 Å². The van der Waals surface area contributed by atoms with E-state index in [4.69, 9.17) is 4.74 Å². The van der Waals surface area contributed by atoms with E-state index in [1.165, 1.54) is 12.1 Å². The van der Waals surface area contributed by atoms with Crippen molar-refractivity contribution in [2.75, 3.05) is 13.7 Å². The van der Waals surface area contributed by atoms with Gasteiger partial charge in [0, 0.05) is 30.1 Å². The molecule has 0 spiro atoms. The second-order valence-electron chi connectivity index (χ2n) is 5.51. The predicted octanol–water partition coefficient (Wildman–Crippen LogP) is 1.83. The van der Waals surface area contributed by atoms with Gasteiger partial charge in [-0.2, -0.15) is 0 Å². The number of ether oxygens (including phenoxy) is 1. The Balaban J connectivity index is 1.87. The molecule has 1 amide bonds. The minimum absolute atomic E-state index is 0.0313. The smallest absolute Gasteiger partial charge is 0.239 e. The van der Waals surface area contributed by atoms with Crippen molar-refractivity contribution >= 4 is 5.91 Å². The zero-order valence-electron chi connectivity index (χ0n) is 13.8. The van der Waals surface area contributed by atoms with Gasteiger partial charge in [-0.25, -0.2) is 0 Å². The van der Waals surface area contributed by atoms with Crippen molar-refractivity contribution in [3.05, 3.63) is 63.6 Å². The first-order valence-electron chi connectivity index (χ1n) is 7.57. The lowest BCUT2D eigenvalue weighted by Crippen LogP contribution is -2.31. The summed E-state index contributed by atoms with van der Waals surface area (Å²) < 4.78 is 6.95. The average molecular weight is 314 g/mol. The van der Waals surface area contributed by atoms with Crippen molar-refractivity contribution in [3.63, 3.8) is 0 Å². The zero-order valence-corrected chi connectivity index (χ0v) is 13.8. The Hall–Kier alpha value is -2.56. The molecule has 0 aliphatic carbocycles. The number of benzene rings is 1. The normalized spacial score (nSPS) is 10.4. The standard InChI is InChI=1S/C18H22N2O3/c1-13-10-16(21)11-14(2)20(13)12-18(22)19-9-8-15-4-6-17(23-3)7-5-15/h4-7,10-11H,8-9,12H2,1-3H3,(H,19,22). The molecule has 0 saturated heterocycles. The summed E-state index contributed by atoms with van der Waals surface area (Å²) in [5, 5.41) is 2.91. The van der Waals surface area contributed by atoms with Gasteiger partial charge in [-0.05, 0) is 38.0 Å². The number of hydrogen-bond donors (Lipinski definition) is 1. The van der Waals surface area contributed by atoms with Crippen LogP contribution in [0.3, 0.4) is 0 Å². The van der Waals surface area contributed by atoms with Crippen molar-refractivity contribution in [3.8, 4) is 5.75 Å². The largest absolute Gasteiger partial charge is 0.497 e. The summed E-state index contributed by atoms with van der Waals surface area (Å²) in [6.45, 7) is 4.46. The predicted molar refractivity (Wildman–Crippen MR) is 89.9 cm³/mol. The number of methoxy groups -OCH3 is 1. The topological polar surface area (TPSA) is 60.3 Å². The Bertz CT molecular complexity index is 707. The highest BCUT2D eigenvalue weighted by molar-refractivity contribution is 5.75. The molecule has 23 heavy (non-hydrogen) atoms. The first kappa shape index (κ1) is 16.8. The van der Waals surface area contributed by atoms with Crippen LogP contribution >= 0.6 is 0 Å². The molecule has 5 nitrogen and oxygen atoms in total. The van der Waals surface area contributed by atoms with Gasteiger partial charge >= 0.3 is 0 Å². The fourth-order valence-corrected chi connectivity index (χ4v) is 2.47. The molecule has 0 fully saturated rings. The third-order valence-corrected chi connectivity index (χ3v) is 3.75. The highest BCUT2D eigenvalue weighted by Crippen LogP contribution is 2.11. The third kappa shape index (κ3) is 4.71. The first-order valence-corrected chi connectivity index (χ1v) is 7.57. The monoisotopic (exact) mass is 314 g/mol. The molecule has 0 saturated carbocycles. The highest BCUT2D eigenvalue weighted by atomic mass is 16.5. The van der Waals surface area contributed by atoms with Crippen LogP contribution in [0, 0.1) is 13.8 Å². The van der Waals surface area contributed by atoms with Crippen LogP contribution in [0.1, 0.15) is 17.0 Å². The number of nitrogens with zero attached hydrogens (tertiary/aromatic N) is 1. The van der Waals surface area contributed by atoms with E-state index in [0.717, 1.165) is 29.1 Å². The van der Waals surface area contributed by atoms with E-state index < -0.39 is 0 Å². The van der Waals surface area contributed by atoms with Gasteiger partial charge in [0.05, 0.1) is 7.11 Å². The Morgan fingerprint density at radius 3 is 2.30 bits per heavy atom. The summed E-state index contributed by atoms with van der Waals surface area (Å²) in [7, 11) is 1.64. The second kappa shape index (κ2) is 7.63. The van der Waals surface area contributed by atoms with Crippen molar-refractivity contribution in [1.82, 2.24) is 9.88 Å². The number of rotatable bonds is 6. The number of carbonyl (C=O) groups excluding carboxylic acids is 1. The summed E-state index contributed by atoms with van der Waals surface area (Å²) in [5.74, 6) is 0.760. The van der Waals surface area contributed by atoms with Crippen molar-refractivity contribution in [2.24, 2.45) is 0 Å². The minimum atomic E-state index is -0.0617. The van der Waals surface area contributed by atoms with Crippen LogP contribution < -0.4 is 15.5 Å². The van der Waals surface area contributed by atoms with Gasteiger partial charge in [0.15, 0.2) is 5.43 Å². The molecule has 1 N–H and O–H groups in total. The lowest BCUT2D eigenvalue weighted by molar-refractivity contribution is -0.121. The van der Waals surface area contributed by atoms with Gasteiger partial charge in [0.25, 0.3) is 0 Å². The Morgan fingerprint density at radius 1 is 1.13 bits per heavy atom. The van der Waals surface area contributed by atoms with E-state index in [2.05, 4.69) is 5.32 Å². The summed E-state index contributed by atoms with van der Waals surface area (Å²) >= 11 is 0. The molecule has 1 heterocycles. The maximum absolute atomic E-state index is 12.1. The molecule has 0 radical (unpaired) electrons. The van der Waals surface area contributed by atoms with Crippen LogP contribution in [0.4, 0.5) is 0 Å². The van der Waals surface area contributed by atoms with E-state index in [1.54, 1.807) is 7.11 Å². The molecule has 1 aromatic carbocycles. The van der Waals surface area contributed by atoms with E-state index in [-0.39, 0.29) is 17.9 Å². The molecular weight excluding hydrogens is 292 g/mol. The van der Waals surface area contributed by atoms with Crippen LogP contribution in [0.2, 0.25) is 0 Å². The van der Waals surface area contributed by atoms with Crippen molar-refractivity contribution < 1.29 is 9.53 Å². The third-order valence-electron chi connectivity index (χ3n) is 3.75. The lowest BCUT2D eigenvalue weighted by atomic mass is 10.1. The summed E-state index contributed by atoms with van der Waals surface area (Å²) in [6, 6.07) is 10.9. The quantitative estimate of drug-likeness (QED) is 0.885. The SMILES string of the molecule is COc1ccc(CCNC(=O)Cn2c(C)cc(=O)cc2C)cc1. The highest BCUT2D eigenvalue weighted by Gasteiger charge is 2.07. The molecule has 0 unspecified atom stereocenters. The number of nitrogens with one attached hydrogen (secondary N) is 1. The van der Waals surface area contributed by atoms with Crippen LogP contribution in [0.15, 0.2) is 41.2 Å². The average Bonchev–Trinajstić information content (AvgIpc) is 2.51. The maximum Gasteiger partial charge on any atom is 0.239 e. The summed E-state index contributed by atoms with van der Waals surface area (Å²) in [4.78, 5) is 23.5. The fraction of sp³-hybridized carbons (Fsp3) is 0.333. The maximum atomic E-state index is 12.1. The van der Waals surface area contributed by atoms with Crippen LogP contribution in [0.25, 0.3) is 0 Å². The van der Waals surface area contributed by atoms with Gasteiger partial charge in [-0.15, -0.1) is 0 Å². The number of aryl methyl sites for hydroxylation is 2. The summed E-state index contributed by atoms with van der Waals surface area (Å²) in [6.07, 6.45) is 0.762. The number of amides is 1. The van der Waals surface area contributed by atoms with Crippen LogP contribution in [-0.4, -0.2) is 24.1 Å². The fourth-order valence-electron chi connectivity index (χ4n) is 2.47. The number of carbonyl (C=O) groups is 1. The Kier molecular flexibility index (Phi) is 5.57. The van der Waals surface area contributed by atoms with E-state index in [0.29, 0.717) is 6.54 Å². The number of hydrogen-bond acceptors (Lipinski definition) is 3. The van der Waals surface area contributed by atoms with Gasteiger partial charge in [0.2, 0.25) is 5.91 Å². The Labute approximate surface area is 135 Å². The van der Waals surface area contributed by atoms with Crippen LogP contribution in [0.5, 0.6) is 5.75 Å². The number of aromatic nitrogens is 1. The molecule has 2 aromatic rings. The molecule has 0 aliphatic rings. The molecule has 5 heteroatoms. The minimum Gasteiger partial charge on any atom is -0.497 e. The molecular formula is C18H22N2O3. The van der Waals surface area contributed by atoms with Gasteiger partial charge < -0.3 is 14.6 Å². The van der Waals surface area contributed by atoms with Crippen molar-refractivity contribution in [1.29, 1.82) is 0 Å². The van der Waals surface area contributed by atoms with E-state index in [1.807, 2.05) is 42.7 Å². The molecule has 0 aliphatic heterocycles. The van der Waals surface area contributed by atoms with Crippen LogP contribution in [-0.2, 0) is 17.8 Å². The molecule has 122 valence electrons. The second-order valence-corrected chi connectivity index (χ2v) is 5.51. The Morgan fingerprint density at radius 2 is 1.74 bits per heavy atom. The molecule has 1 aromatic heterocycles. The molecule has 0 bridgehead atoms. The summed E-state index contributed by atoms with van der Waals surface area (Å²) in [5.41, 5.74) is 2.69. The zero-order chi connectivity index (χ0) is 16.8. The molecule has 0 atom stereocenters. The van der Waals surface area contributed by atoms with E-state index in [9.17, 15) is 9.59 Å². The van der Waals surface area contributed by atoms with Crippen molar-refractivity contribution in [2.45, 2.75) is 26.8 Å². The van der Waals surface area contributed by atoms with Gasteiger partial charge in [0.1, 0.15) is 12.3 Å². The number of pyridine rings is 1. The van der Waals surface area contributed by atoms with E-state index >= 15 is 0 Å². The lowest BCUT2D eigenvalue weighted by Gasteiger charge is -2.14. The first-order chi connectivity index (χ1) is 11.0. The molecule has 2 rings (SSSR count). The van der Waals surface area contributed by atoms with Gasteiger partial charge in [-0.1, -0.05) is 12.1 Å².